The maximum Gasteiger partial charge on any atom is 0.181 e. The lowest BCUT2D eigenvalue weighted by molar-refractivity contribution is 0.468. The van der Waals surface area contributed by atoms with Gasteiger partial charge in [-0.15, -0.1) is 0 Å². The van der Waals surface area contributed by atoms with E-state index in [1.807, 2.05) is 14.0 Å². The van der Waals surface area contributed by atoms with Gasteiger partial charge >= 0.3 is 0 Å². The lowest BCUT2D eigenvalue weighted by atomic mass is 10.6. The average Bonchev–Trinajstić information content (AvgIpc) is 2.13. The van der Waals surface area contributed by atoms with Crippen molar-refractivity contribution in [1.29, 1.82) is 0 Å². The van der Waals surface area contributed by atoms with Gasteiger partial charge in [0.2, 0.25) is 0 Å². The molecule has 52 valence electrons. The molecular formula is C4H10N4S. The van der Waals surface area contributed by atoms with Gasteiger partial charge in [0.15, 0.2) is 10.2 Å². The Bertz CT molecular complexity index is 146. The molecule has 1 heterocycles. The van der Waals surface area contributed by atoms with Crippen LogP contribution in [0.1, 0.15) is 6.92 Å². The standard InChI is InChI=1S/C4H10N4S/c1-4(6-2)8-7-3(5)9-4/h6,8H,1-2H3,(H2,5,7). The van der Waals surface area contributed by atoms with E-state index in [0.29, 0.717) is 5.17 Å². The maximum absolute atomic E-state index is 5.40. The number of nitrogens with zero attached hydrogens (tertiary/aromatic N) is 1. The molecule has 0 saturated carbocycles. The molecule has 0 fully saturated rings. The molecule has 1 aliphatic rings. The fourth-order valence-electron chi connectivity index (χ4n) is 0.523. The summed E-state index contributed by atoms with van der Waals surface area (Å²) < 4.78 is 0. The average molecular weight is 146 g/mol. The van der Waals surface area contributed by atoms with E-state index in [1.165, 1.54) is 11.8 Å². The fourth-order valence-corrected chi connectivity index (χ4v) is 1.23. The second-order valence-corrected chi connectivity index (χ2v) is 3.39. The molecule has 1 atom stereocenters. The minimum Gasteiger partial charge on any atom is -0.377 e. The molecular weight excluding hydrogens is 136 g/mol. The number of nitrogens with one attached hydrogen (secondary N) is 2. The minimum absolute atomic E-state index is 0.204. The van der Waals surface area contributed by atoms with Crippen LogP contribution in [0.5, 0.6) is 0 Å². The quantitative estimate of drug-likeness (QED) is 0.464. The number of hydrogen-bond acceptors (Lipinski definition) is 5. The van der Waals surface area contributed by atoms with Crippen LogP contribution in [0, 0.1) is 0 Å². The summed E-state index contributed by atoms with van der Waals surface area (Å²) in [4.78, 5) is -0.204. The highest BCUT2D eigenvalue weighted by molar-refractivity contribution is 8.15. The van der Waals surface area contributed by atoms with E-state index in [1.54, 1.807) is 0 Å². The molecule has 0 aliphatic carbocycles. The molecule has 1 rings (SSSR count). The number of thioether (sulfide) groups is 1. The Morgan fingerprint density at radius 3 is 2.78 bits per heavy atom. The van der Waals surface area contributed by atoms with Crippen LogP contribution in [-0.4, -0.2) is 17.2 Å². The van der Waals surface area contributed by atoms with E-state index in [2.05, 4.69) is 15.8 Å². The molecule has 0 aromatic heterocycles. The van der Waals surface area contributed by atoms with Crippen molar-refractivity contribution in [3.05, 3.63) is 0 Å². The summed E-state index contributed by atoms with van der Waals surface area (Å²) in [7, 11) is 1.86. The smallest absolute Gasteiger partial charge is 0.181 e. The molecule has 1 aliphatic heterocycles. The zero-order valence-corrected chi connectivity index (χ0v) is 6.25. The highest BCUT2D eigenvalue weighted by Crippen LogP contribution is 2.22. The normalized spacial score (nSPS) is 33.8. The summed E-state index contributed by atoms with van der Waals surface area (Å²) in [5.74, 6) is 0. The van der Waals surface area contributed by atoms with Crippen LogP contribution < -0.4 is 16.5 Å². The van der Waals surface area contributed by atoms with Crippen molar-refractivity contribution in [2.75, 3.05) is 7.05 Å². The third kappa shape index (κ3) is 1.28. The van der Waals surface area contributed by atoms with Crippen LogP contribution in [-0.2, 0) is 0 Å². The number of hydrogen-bond donors (Lipinski definition) is 3. The first-order valence-corrected chi connectivity index (χ1v) is 3.46. The summed E-state index contributed by atoms with van der Waals surface area (Å²) in [5, 5.41) is 7.41. The molecule has 5 heteroatoms. The van der Waals surface area contributed by atoms with Crippen LogP contribution in [0.15, 0.2) is 5.10 Å². The topological polar surface area (TPSA) is 62.4 Å². The van der Waals surface area contributed by atoms with Gasteiger partial charge in [-0.2, -0.15) is 5.10 Å². The predicted octanol–water partition coefficient (Wildman–Crippen LogP) is -0.554. The fraction of sp³-hybridized carbons (Fsp3) is 0.750. The van der Waals surface area contributed by atoms with Gasteiger partial charge in [-0.3, -0.25) is 10.7 Å². The van der Waals surface area contributed by atoms with Gasteiger partial charge in [-0.1, -0.05) is 0 Å². The predicted molar refractivity (Wildman–Crippen MR) is 39.8 cm³/mol. The van der Waals surface area contributed by atoms with Gasteiger partial charge in [-0.25, -0.2) is 0 Å². The number of hydrazone groups is 1. The second kappa shape index (κ2) is 2.07. The molecule has 0 saturated heterocycles. The number of amidine groups is 1. The molecule has 4 N–H and O–H groups in total. The van der Waals surface area contributed by atoms with Crippen molar-refractivity contribution in [2.45, 2.75) is 11.9 Å². The zero-order valence-electron chi connectivity index (χ0n) is 5.43. The Hall–Kier alpha value is -0.420. The van der Waals surface area contributed by atoms with Gasteiger partial charge in [0.05, 0.1) is 0 Å². The van der Waals surface area contributed by atoms with Crippen molar-refractivity contribution < 1.29 is 0 Å². The van der Waals surface area contributed by atoms with Crippen molar-refractivity contribution in [1.82, 2.24) is 10.7 Å². The highest BCUT2D eigenvalue weighted by Gasteiger charge is 2.28. The summed E-state index contributed by atoms with van der Waals surface area (Å²) >= 11 is 1.47. The molecule has 0 amide bonds. The monoisotopic (exact) mass is 146 g/mol. The zero-order chi connectivity index (χ0) is 6.91. The first-order chi connectivity index (χ1) is 4.16. The van der Waals surface area contributed by atoms with E-state index in [0.717, 1.165) is 0 Å². The van der Waals surface area contributed by atoms with Crippen molar-refractivity contribution >= 4 is 16.9 Å². The lowest BCUT2D eigenvalue weighted by Crippen LogP contribution is -2.44. The van der Waals surface area contributed by atoms with E-state index >= 15 is 0 Å². The van der Waals surface area contributed by atoms with Gasteiger partial charge in [0, 0.05) is 0 Å². The van der Waals surface area contributed by atoms with E-state index in [-0.39, 0.29) is 4.99 Å². The van der Waals surface area contributed by atoms with Crippen molar-refractivity contribution in [3.8, 4) is 0 Å². The summed E-state index contributed by atoms with van der Waals surface area (Å²) in [6, 6.07) is 0. The maximum atomic E-state index is 5.40. The Morgan fingerprint density at radius 1 is 1.89 bits per heavy atom. The molecule has 0 aromatic rings. The van der Waals surface area contributed by atoms with E-state index < -0.39 is 0 Å². The van der Waals surface area contributed by atoms with Gasteiger partial charge in [0.1, 0.15) is 0 Å². The highest BCUT2D eigenvalue weighted by atomic mass is 32.2. The molecule has 0 bridgehead atoms. The Balaban J connectivity index is 2.53. The number of rotatable bonds is 1. The largest absolute Gasteiger partial charge is 0.377 e. The summed E-state index contributed by atoms with van der Waals surface area (Å²) in [5.41, 5.74) is 8.24. The first kappa shape index (κ1) is 6.70. The van der Waals surface area contributed by atoms with E-state index in [9.17, 15) is 0 Å². The van der Waals surface area contributed by atoms with Crippen molar-refractivity contribution in [3.63, 3.8) is 0 Å². The van der Waals surface area contributed by atoms with Crippen LogP contribution in [0.3, 0.4) is 0 Å². The number of nitrogens with two attached hydrogens (primary N) is 1. The summed E-state index contributed by atoms with van der Waals surface area (Å²) in [6.45, 7) is 1.97. The van der Waals surface area contributed by atoms with Crippen LogP contribution in [0.25, 0.3) is 0 Å². The lowest BCUT2D eigenvalue weighted by Gasteiger charge is -2.20. The SMILES string of the molecule is CNC1(C)NN=C(N)S1. The minimum atomic E-state index is -0.204. The Kier molecular flexibility index (Phi) is 1.54. The van der Waals surface area contributed by atoms with Crippen LogP contribution in [0.2, 0.25) is 0 Å². The Morgan fingerprint density at radius 2 is 2.56 bits per heavy atom. The molecule has 0 aromatic carbocycles. The molecule has 9 heavy (non-hydrogen) atoms. The third-order valence-electron chi connectivity index (χ3n) is 1.17. The van der Waals surface area contributed by atoms with Crippen LogP contribution >= 0.6 is 11.8 Å². The third-order valence-corrected chi connectivity index (χ3v) is 2.17. The Labute approximate surface area is 58.3 Å². The van der Waals surface area contributed by atoms with Crippen molar-refractivity contribution in [2.24, 2.45) is 10.8 Å². The van der Waals surface area contributed by atoms with Gasteiger partial charge < -0.3 is 5.73 Å². The summed E-state index contributed by atoms with van der Waals surface area (Å²) in [6.07, 6.45) is 0. The molecule has 0 spiro atoms. The second-order valence-electron chi connectivity index (χ2n) is 1.95. The van der Waals surface area contributed by atoms with Gasteiger partial charge in [0.25, 0.3) is 0 Å². The van der Waals surface area contributed by atoms with Crippen LogP contribution in [0.4, 0.5) is 0 Å². The molecule has 1 unspecified atom stereocenters. The van der Waals surface area contributed by atoms with E-state index in [4.69, 9.17) is 5.73 Å². The first-order valence-electron chi connectivity index (χ1n) is 2.64. The molecule has 4 nitrogen and oxygen atoms in total. The molecule has 0 radical (unpaired) electrons. The van der Waals surface area contributed by atoms with Gasteiger partial charge in [-0.05, 0) is 25.7 Å².